The van der Waals surface area contributed by atoms with Crippen molar-refractivity contribution in [2.45, 2.75) is 6.92 Å². The number of esters is 1. The number of nitrogens with zero attached hydrogens (tertiary/aromatic N) is 3. The molecule has 134 valence electrons. The van der Waals surface area contributed by atoms with Gasteiger partial charge in [0.1, 0.15) is 0 Å². The summed E-state index contributed by atoms with van der Waals surface area (Å²) in [5, 5.41) is 16.1. The summed E-state index contributed by atoms with van der Waals surface area (Å²) in [6, 6.07) is 17.8. The third-order valence-corrected chi connectivity index (χ3v) is 4.69. The van der Waals surface area contributed by atoms with Crippen LogP contribution in [-0.2, 0) is 4.74 Å². The Morgan fingerprint density at radius 3 is 2.70 bits per heavy atom. The van der Waals surface area contributed by atoms with Gasteiger partial charge in [0, 0.05) is 10.9 Å². The summed E-state index contributed by atoms with van der Waals surface area (Å²) >= 11 is 1.48. The Kier molecular flexibility index (Phi) is 4.76. The highest BCUT2D eigenvalue weighted by molar-refractivity contribution is 7.14. The quantitative estimate of drug-likeness (QED) is 0.510. The van der Waals surface area contributed by atoms with Gasteiger partial charge in [0.05, 0.1) is 12.3 Å². The van der Waals surface area contributed by atoms with Gasteiger partial charge in [-0.05, 0) is 35.9 Å². The maximum Gasteiger partial charge on any atom is 0.358 e. The molecule has 27 heavy (non-hydrogen) atoms. The molecule has 4 aromatic rings. The van der Waals surface area contributed by atoms with E-state index in [2.05, 4.69) is 50.8 Å². The lowest BCUT2D eigenvalue weighted by atomic mass is 10.1. The van der Waals surface area contributed by atoms with Crippen molar-refractivity contribution >= 4 is 39.0 Å². The van der Waals surface area contributed by atoms with E-state index in [1.54, 1.807) is 19.1 Å². The van der Waals surface area contributed by atoms with Crippen molar-refractivity contribution in [2.24, 2.45) is 0 Å². The number of carbonyl (C=O) groups is 1. The van der Waals surface area contributed by atoms with Gasteiger partial charge < -0.3 is 10.1 Å². The maximum absolute atomic E-state index is 11.6. The molecule has 4 rings (SSSR count). The fourth-order valence-corrected chi connectivity index (χ4v) is 3.36. The average molecular weight is 376 g/mol. The lowest BCUT2D eigenvalue weighted by molar-refractivity contribution is 0.0518. The molecule has 0 aliphatic rings. The first-order chi connectivity index (χ1) is 13.2. The molecule has 0 aliphatic heterocycles. The summed E-state index contributed by atoms with van der Waals surface area (Å²) in [5.74, 6) is 0.0341. The van der Waals surface area contributed by atoms with Crippen molar-refractivity contribution in [1.82, 2.24) is 15.2 Å². The summed E-state index contributed by atoms with van der Waals surface area (Å²) < 4.78 is 4.90. The molecule has 0 amide bonds. The van der Waals surface area contributed by atoms with Crippen molar-refractivity contribution in [2.75, 3.05) is 11.9 Å². The molecule has 1 N–H and O–H groups in total. The van der Waals surface area contributed by atoms with Gasteiger partial charge >= 0.3 is 5.97 Å². The zero-order chi connectivity index (χ0) is 18.6. The Morgan fingerprint density at radius 2 is 1.93 bits per heavy atom. The lowest BCUT2D eigenvalue weighted by Gasteiger charge is -2.03. The first-order valence-electron chi connectivity index (χ1n) is 8.45. The molecular formula is C20H16N4O2S. The minimum Gasteiger partial charge on any atom is -0.461 e. The number of benzene rings is 2. The van der Waals surface area contributed by atoms with Crippen LogP contribution < -0.4 is 5.32 Å². The third kappa shape index (κ3) is 3.78. The number of aromatic nitrogens is 3. The van der Waals surface area contributed by atoms with Crippen molar-refractivity contribution in [3.05, 3.63) is 65.7 Å². The van der Waals surface area contributed by atoms with Gasteiger partial charge in [-0.3, -0.25) is 0 Å². The highest BCUT2D eigenvalue weighted by Gasteiger charge is 2.10. The van der Waals surface area contributed by atoms with Crippen LogP contribution in [0.1, 0.15) is 17.4 Å². The van der Waals surface area contributed by atoms with Crippen LogP contribution in [0.15, 0.2) is 60.0 Å². The highest BCUT2D eigenvalue weighted by Crippen LogP contribution is 2.28. The molecule has 0 spiro atoms. The third-order valence-electron chi connectivity index (χ3n) is 3.93. The van der Waals surface area contributed by atoms with Crippen molar-refractivity contribution in [3.63, 3.8) is 0 Å². The zero-order valence-electron chi connectivity index (χ0n) is 14.5. The van der Waals surface area contributed by atoms with Crippen molar-refractivity contribution in [3.8, 4) is 11.3 Å². The number of carbonyl (C=O) groups excluding carboxylic acids is 1. The van der Waals surface area contributed by atoms with Crippen LogP contribution in [0.3, 0.4) is 0 Å². The molecule has 0 bridgehead atoms. The summed E-state index contributed by atoms with van der Waals surface area (Å²) in [6.07, 6.45) is 0. The Bertz CT molecular complexity index is 1090. The van der Waals surface area contributed by atoms with Crippen LogP contribution in [0.2, 0.25) is 0 Å². The number of rotatable bonds is 5. The number of ether oxygens (including phenoxy) is 1. The highest BCUT2D eigenvalue weighted by atomic mass is 32.1. The maximum atomic E-state index is 11.6. The van der Waals surface area contributed by atoms with E-state index >= 15 is 0 Å². The van der Waals surface area contributed by atoms with Gasteiger partial charge in [-0.2, -0.15) is 0 Å². The largest absolute Gasteiger partial charge is 0.461 e. The van der Waals surface area contributed by atoms with Gasteiger partial charge in [-0.1, -0.05) is 36.4 Å². The van der Waals surface area contributed by atoms with Crippen LogP contribution in [0.4, 0.5) is 10.9 Å². The molecule has 0 radical (unpaired) electrons. The molecule has 0 atom stereocenters. The Labute approximate surface area is 159 Å². The molecule has 2 heterocycles. The molecule has 0 fully saturated rings. The van der Waals surface area contributed by atoms with Crippen molar-refractivity contribution < 1.29 is 9.53 Å². The second-order valence-corrected chi connectivity index (χ2v) is 6.61. The van der Waals surface area contributed by atoms with E-state index in [9.17, 15) is 4.79 Å². The molecule has 0 unspecified atom stereocenters. The molecule has 0 saturated heterocycles. The van der Waals surface area contributed by atoms with Gasteiger partial charge in [0.25, 0.3) is 0 Å². The van der Waals surface area contributed by atoms with E-state index in [1.165, 1.54) is 22.1 Å². The van der Waals surface area contributed by atoms with E-state index < -0.39 is 5.97 Å². The first-order valence-corrected chi connectivity index (χ1v) is 9.33. The standard InChI is InChI=1S/C20H16N4O2S/c1-2-26-19(25)16-9-10-18(24-23-16)22-20-21-17(12-27-20)15-8-7-13-5-3-4-6-14(13)11-15/h3-12H,2H2,1H3,(H,21,22,24). The van der Waals surface area contributed by atoms with Crippen LogP contribution in [-0.4, -0.2) is 27.8 Å². The lowest BCUT2D eigenvalue weighted by Crippen LogP contribution is -2.08. The van der Waals surface area contributed by atoms with Crippen LogP contribution >= 0.6 is 11.3 Å². The minimum absolute atomic E-state index is 0.179. The van der Waals surface area contributed by atoms with Crippen LogP contribution in [0.25, 0.3) is 22.0 Å². The summed E-state index contributed by atoms with van der Waals surface area (Å²) in [4.78, 5) is 16.2. The van der Waals surface area contributed by atoms with Crippen LogP contribution in [0, 0.1) is 0 Å². The zero-order valence-corrected chi connectivity index (χ0v) is 15.4. The van der Waals surface area contributed by atoms with Gasteiger partial charge in [-0.25, -0.2) is 9.78 Å². The van der Waals surface area contributed by atoms with E-state index in [0.717, 1.165) is 11.3 Å². The summed E-state index contributed by atoms with van der Waals surface area (Å²) in [7, 11) is 0. The topological polar surface area (TPSA) is 77.0 Å². The van der Waals surface area contributed by atoms with Crippen LogP contribution in [0.5, 0.6) is 0 Å². The normalized spacial score (nSPS) is 10.7. The predicted molar refractivity (Wildman–Crippen MR) is 106 cm³/mol. The molecule has 7 heteroatoms. The van der Waals surface area contributed by atoms with E-state index in [0.29, 0.717) is 17.6 Å². The van der Waals surface area contributed by atoms with Gasteiger partial charge in [-0.15, -0.1) is 21.5 Å². The molecule has 0 aliphatic carbocycles. The average Bonchev–Trinajstić information content (AvgIpc) is 3.17. The minimum atomic E-state index is -0.482. The number of hydrogen-bond donors (Lipinski definition) is 1. The molecule has 2 aromatic heterocycles. The number of hydrogen-bond acceptors (Lipinski definition) is 7. The predicted octanol–water partition coefficient (Wildman–Crippen LogP) is 4.67. The molecular weight excluding hydrogens is 360 g/mol. The monoisotopic (exact) mass is 376 g/mol. The number of fused-ring (bicyclic) bond motifs is 1. The Hall–Kier alpha value is -3.32. The number of thiazole rings is 1. The van der Waals surface area contributed by atoms with E-state index in [1.807, 2.05) is 17.5 Å². The van der Waals surface area contributed by atoms with Gasteiger partial charge in [0.2, 0.25) is 0 Å². The smallest absolute Gasteiger partial charge is 0.358 e. The second kappa shape index (κ2) is 7.51. The first kappa shape index (κ1) is 17.1. The number of anilines is 2. The van der Waals surface area contributed by atoms with Gasteiger partial charge in [0.15, 0.2) is 16.6 Å². The molecule has 0 saturated carbocycles. The SMILES string of the molecule is CCOC(=O)c1ccc(Nc2nc(-c3ccc4ccccc4c3)cs2)nn1. The second-order valence-electron chi connectivity index (χ2n) is 5.75. The summed E-state index contributed by atoms with van der Waals surface area (Å²) in [5.41, 5.74) is 2.13. The summed E-state index contributed by atoms with van der Waals surface area (Å²) in [6.45, 7) is 2.05. The molecule has 6 nitrogen and oxygen atoms in total. The fourth-order valence-electron chi connectivity index (χ4n) is 2.63. The Balaban J connectivity index is 1.51. The molecule has 2 aromatic carbocycles. The number of nitrogens with one attached hydrogen (secondary N) is 1. The Morgan fingerprint density at radius 1 is 1.07 bits per heavy atom. The van der Waals surface area contributed by atoms with Crippen molar-refractivity contribution in [1.29, 1.82) is 0 Å². The van der Waals surface area contributed by atoms with E-state index in [4.69, 9.17) is 4.74 Å². The van der Waals surface area contributed by atoms with E-state index in [-0.39, 0.29) is 5.69 Å². The fraction of sp³-hybridized carbons (Fsp3) is 0.100.